The maximum atomic E-state index is 12.3. The van der Waals surface area contributed by atoms with Crippen molar-refractivity contribution in [2.24, 2.45) is 16.8 Å². The Labute approximate surface area is 177 Å². The molecule has 0 bridgehead atoms. The summed E-state index contributed by atoms with van der Waals surface area (Å²) in [6, 6.07) is 0. The van der Waals surface area contributed by atoms with Gasteiger partial charge in [0.05, 0.1) is 0 Å². The topological polar surface area (TPSA) is 82.0 Å². The van der Waals surface area contributed by atoms with Crippen LogP contribution in [0.5, 0.6) is 0 Å². The van der Waals surface area contributed by atoms with Crippen LogP contribution in [0.25, 0.3) is 0 Å². The van der Waals surface area contributed by atoms with Gasteiger partial charge < -0.3 is 15.3 Å². The molecule has 1 aliphatic rings. The number of unbranched alkanes of at least 4 members (excludes halogenated alkanes) is 1. The molecule has 0 saturated heterocycles. The van der Waals surface area contributed by atoms with Gasteiger partial charge in [0.15, 0.2) is 0 Å². The van der Waals surface area contributed by atoms with Crippen LogP contribution in [-0.2, 0) is 9.59 Å². The van der Waals surface area contributed by atoms with E-state index in [1.165, 1.54) is 19.6 Å². The lowest BCUT2D eigenvalue weighted by Crippen LogP contribution is -2.41. The van der Waals surface area contributed by atoms with Gasteiger partial charge in [-0.15, -0.1) is 0 Å². The average Bonchev–Trinajstić information content (AvgIpc) is 2.95. The molecular formula is C23H43N3O3. The smallest absolute Gasteiger partial charge is 0.331 e. The number of nitrogens with one attached hydrogen (secondary N) is 1. The lowest BCUT2D eigenvalue weighted by atomic mass is 9.89. The third-order valence-corrected chi connectivity index (χ3v) is 5.70. The third-order valence-electron chi connectivity index (χ3n) is 5.70. The van der Waals surface area contributed by atoms with Crippen LogP contribution in [0.2, 0.25) is 0 Å². The number of aliphatic carboxylic acids is 1. The molecule has 0 spiro atoms. The Morgan fingerprint density at radius 3 is 1.90 bits per heavy atom. The van der Waals surface area contributed by atoms with Crippen LogP contribution in [0.15, 0.2) is 16.1 Å². The number of carbonyl (C=O) groups excluding carboxylic acids is 1. The monoisotopic (exact) mass is 409 g/mol. The molecule has 2 N–H and O–H groups in total. The standard InChI is InChI=1S/C17H28N2O3.C6H15N/c1-7-8-9-12(15(20)21)13(10(2)3)14-18-16(22)17(6,19-14)11(4)5;1-4-7(5-2)6-3/h10-11H,7-9H2,1-6H3,(H,20,21)(H,18,19,22);4-6H2,1-3H3/b13-12+;. The number of hydrogen-bond acceptors (Lipinski definition) is 4. The zero-order valence-electron chi connectivity index (χ0n) is 20.1. The van der Waals surface area contributed by atoms with Crippen LogP contribution < -0.4 is 5.32 Å². The SMILES string of the molecule is CCCC/C(C(=O)O)=C(\C1=NC(C)(C(C)C)C(=O)N1)C(C)C.CCN(CC)CC. The van der Waals surface area contributed by atoms with E-state index in [2.05, 4.69) is 36.0 Å². The maximum absolute atomic E-state index is 12.3. The van der Waals surface area contributed by atoms with E-state index in [0.717, 1.165) is 12.8 Å². The van der Waals surface area contributed by atoms with Crippen molar-refractivity contribution in [1.82, 2.24) is 10.2 Å². The van der Waals surface area contributed by atoms with Gasteiger partial charge in [-0.05, 0) is 51.2 Å². The number of nitrogens with zero attached hydrogens (tertiary/aromatic N) is 2. The number of aliphatic imine (C=N–C) groups is 1. The maximum Gasteiger partial charge on any atom is 0.331 e. The van der Waals surface area contributed by atoms with Crippen LogP contribution in [0.1, 0.15) is 81.6 Å². The Bertz CT molecular complexity index is 599. The fourth-order valence-electron chi connectivity index (χ4n) is 3.21. The molecule has 168 valence electrons. The lowest BCUT2D eigenvalue weighted by molar-refractivity contribution is -0.133. The molecular weight excluding hydrogens is 366 g/mol. The van der Waals surface area contributed by atoms with Crippen molar-refractivity contribution >= 4 is 17.7 Å². The van der Waals surface area contributed by atoms with Gasteiger partial charge in [0.25, 0.3) is 5.91 Å². The van der Waals surface area contributed by atoms with Crippen LogP contribution in [0.3, 0.4) is 0 Å². The highest BCUT2D eigenvalue weighted by Crippen LogP contribution is 2.30. The van der Waals surface area contributed by atoms with Gasteiger partial charge in [-0.3, -0.25) is 9.79 Å². The van der Waals surface area contributed by atoms with Crippen LogP contribution in [-0.4, -0.2) is 52.9 Å². The molecule has 0 aromatic heterocycles. The predicted octanol–water partition coefficient (Wildman–Crippen LogP) is 4.50. The number of carboxylic acid groups (broad SMARTS) is 1. The van der Waals surface area contributed by atoms with E-state index in [1.807, 2.05) is 34.6 Å². The van der Waals surface area contributed by atoms with Gasteiger partial charge in [-0.25, -0.2) is 4.79 Å². The zero-order valence-corrected chi connectivity index (χ0v) is 20.1. The molecule has 0 aromatic rings. The van der Waals surface area contributed by atoms with Gasteiger partial charge in [0.1, 0.15) is 11.4 Å². The first kappa shape index (κ1) is 27.3. The summed E-state index contributed by atoms with van der Waals surface area (Å²) >= 11 is 0. The summed E-state index contributed by atoms with van der Waals surface area (Å²) in [5, 5.41) is 12.4. The highest BCUT2D eigenvalue weighted by atomic mass is 16.4. The van der Waals surface area contributed by atoms with Crippen LogP contribution in [0.4, 0.5) is 0 Å². The van der Waals surface area contributed by atoms with Crippen molar-refractivity contribution in [2.45, 2.75) is 87.1 Å². The minimum Gasteiger partial charge on any atom is -0.478 e. The molecule has 1 atom stereocenters. The van der Waals surface area contributed by atoms with Gasteiger partial charge in [-0.2, -0.15) is 0 Å². The highest BCUT2D eigenvalue weighted by Gasteiger charge is 2.43. The first-order valence-corrected chi connectivity index (χ1v) is 11.1. The number of carboxylic acids is 1. The average molecular weight is 410 g/mol. The van der Waals surface area contributed by atoms with E-state index in [-0.39, 0.29) is 17.7 Å². The molecule has 0 saturated carbocycles. The minimum atomic E-state index is -0.924. The molecule has 0 aromatic carbocycles. The molecule has 0 aliphatic carbocycles. The van der Waals surface area contributed by atoms with Crippen molar-refractivity contribution in [3.05, 3.63) is 11.1 Å². The van der Waals surface area contributed by atoms with Crippen LogP contribution >= 0.6 is 0 Å². The van der Waals surface area contributed by atoms with Gasteiger partial charge >= 0.3 is 5.97 Å². The predicted molar refractivity (Wildman–Crippen MR) is 121 cm³/mol. The fraction of sp³-hybridized carbons (Fsp3) is 0.783. The first-order valence-electron chi connectivity index (χ1n) is 11.1. The second-order valence-corrected chi connectivity index (χ2v) is 8.29. The Balaban J connectivity index is 0.000000956. The van der Waals surface area contributed by atoms with E-state index in [0.29, 0.717) is 23.4 Å². The zero-order chi connectivity index (χ0) is 22.8. The van der Waals surface area contributed by atoms with Crippen molar-refractivity contribution in [1.29, 1.82) is 0 Å². The normalized spacial score (nSPS) is 19.7. The van der Waals surface area contributed by atoms with Crippen molar-refractivity contribution < 1.29 is 14.7 Å². The second kappa shape index (κ2) is 12.8. The molecule has 1 unspecified atom stereocenters. The highest BCUT2D eigenvalue weighted by molar-refractivity contribution is 6.17. The summed E-state index contributed by atoms with van der Waals surface area (Å²) in [7, 11) is 0. The molecule has 0 fully saturated rings. The quantitative estimate of drug-likeness (QED) is 0.520. The van der Waals surface area contributed by atoms with E-state index in [4.69, 9.17) is 0 Å². The summed E-state index contributed by atoms with van der Waals surface area (Å²) in [4.78, 5) is 30.9. The molecule has 1 amide bonds. The lowest BCUT2D eigenvalue weighted by Gasteiger charge is -2.21. The molecule has 0 radical (unpaired) electrons. The van der Waals surface area contributed by atoms with Crippen molar-refractivity contribution in [3.63, 3.8) is 0 Å². The van der Waals surface area contributed by atoms with Crippen molar-refractivity contribution in [2.75, 3.05) is 19.6 Å². The van der Waals surface area contributed by atoms with Crippen molar-refractivity contribution in [3.8, 4) is 0 Å². The summed E-state index contributed by atoms with van der Waals surface area (Å²) in [5.41, 5.74) is 0.187. The van der Waals surface area contributed by atoms with E-state index < -0.39 is 11.5 Å². The van der Waals surface area contributed by atoms with E-state index in [9.17, 15) is 14.7 Å². The Morgan fingerprint density at radius 2 is 1.62 bits per heavy atom. The van der Waals surface area contributed by atoms with Gasteiger partial charge in [0, 0.05) is 11.1 Å². The van der Waals surface area contributed by atoms with Gasteiger partial charge in [-0.1, -0.05) is 61.8 Å². The minimum absolute atomic E-state index is 0.0171. The molecule has 6 heteroatoms. The summed E-state index contributed by atoms with van der Waals surface area (Å²) in [5.74, 6) is -0.619. The number of amidine groups is 1. The fourth-order valence-corrected chi connectivity index (χ4v) is 3.21. The molecule has 6 nitrogen and oxygen atoms in total. The molecule has 1 heterocycles. The second-order valence-electron chi connectivity index (χ2n) is 8.29. The Hall–Kier alpha value is -1.69. The molecule has 1 aliphatic heterocycles. The summed E-state index contributed by atoms with van der Waals surface area (Å²) < 4.78 is 0. The summed E-state index contributed by atoms with van der Waals surface area (Å²) in [6.45, 7) is 21.7. The van der Waals surface area contributed by atoms with E-state index >= 15 is 0 Å². The van der Waals surface area contributed by atoms with E-state index in [1.54, 1.807) is 6.92 Å². The first-order chi connectivity index (χ1) is 13.5. The van der Waals surface area contributed by atoms with Gasteiger partial charge in [0.2, 0.25) is 0 Å². The largest absolute Gasteiger partial charge is 0.478 e. The number of hydrogen-bond donors (Lipinski definition) is 2. The molecule has 1 rings (SSSR count). The Morgan fingerprint density at radius 1 is 1.10 bits per heavy atom. The third kappa shape index (κ3) is 7.57. The number of carbonyl (C=O) groups is 2. The Kier molecular flexibility index (Phi) is 12.0. The number of amides is 1. The molecule has 29 heavy (non-hydrogen) atoms. The number of rotatable bonds is 10. The summed E-state index contributed by atoms with van der Waals surface area (Å²) in [6.07, 6.45) is 2.22. The van der Waals surface area contributed by atoms with Crippen LogP contribution in [0, 0.1) is 11.8 Å².